The average molecular weight is 166 g/mol. The summed E-state index contributed by atoms with van der Waals surface area (Å²) in [5, 5.41) is 0. The van der Waals surface area contributed by atoms with Crippen LogP contribution in [0.2, 0.25) is 0 Å². The van der Waals surface area contributed by atoms with E-state index in [9.17, 15) is 0 Å². The van der Waals surface area contributed by atoms with Crippen molar-refractivity contribution in [2.45, 2.75) is 58.8 Å². The monoisotopic (exact) mass is 166 g/mol. The second-order valence-corrected chi connectivity index (χ2v) is 4.41. The van der Waals surface area contributed by atoms with Crippen LogP contribution in [-0.2, 0) is 0 Å². The smallest absolute Gasteiger partial charge is 0.0147 e. The lowest BCUT2D eigenvalue weighted by atomic mass is 9.88. The fourth-order valence-electron chi connectivity index (χ4n) is 2.04. The minimum Gasteiger partial charge on any atom is -0.0880 e. The van der Waals surface area contributed by atoms with Crippen LogP contribution in [-0.4, -0.2) is 0 Å². The molecule has 0 N–H and O–H groups in total. The van der Waals surface area contributed by atoms with Crippen LogP contribution in [0.3, 0.4) is 0 Å². The van der Waals surface area contributed by atoms with E-state index in [1.807, 2.05) is 0 Å². The minimum absolute atomic E-state index is 0.563. The highest BCUT2D eigenvalue weighted by molar-refractivity contribution is 4.99. The lowest BCUT2D eigenvalue weighted by Crippen LogP contribution is -2.05. The first kappa shape index (κ1) is 9.83. The zero-order chi connectivity index (χ0) is 8.86. The summed E-state index contributed by atoms with van der Waals surface area (Å²) in [7, 11) is 0. The summed E-state index contributed by atoms with van der Waals surface area (Å²) in [5.74, 6) is 0. The minimum atomic E-state index is 0.563. The van der Waals surface area contributed by atoms with Gasteiger partial charge in [0.2, 0.25) is 0 Å². The molecule has 0 bridgehead atoms. The van der Waals surface area contributed by atoms with E-state index in [1.165, 1.54) is 44.9 Å². The first-order chi connectivity index (χ1) is 5.77. The van der Waals surface area contributed by atoms with Gasteiger partial charge in [0.05, 0.1) is 0 Å². The van der Waals surface area contributed by atoms with Crippen LogP contribution >= 0.6 is 0 Å². The Hall–Kier alpha value is -0.260. The molecule has 0 spiro atoms. The third-order valence-corrected chi connectivity index (χ3v) is 2.99. The van der Waals surface area contributed by atoms with Crippen molar-refractivity contribution in [1.82, 2.24) is 0 Å². The zero-order valence-corrected chi connectivity index (χ0v) is 8.60. The van der Waals surface area contributed by atoms with Gasteiger partial charge in [-0.2, -0.15) is 0 Å². The van der Waals surface area contributed by atoms with E-state index in [0.717, 1.165) is 0 Å². The molecule has 0 heteroatoms. The predicted molar refractivity (Wildman–Crippen MR) is 55.2 cm³/mol. The SMILES string of the molecule is CCCC/C=C\C1(C)CCCC1. The van der Waals surface area contributed by atoms with Crippen LogP contribution < -0.4 is 0 Å². The van der Waals surface area contributed by atoms with Gasteiger partial charge in [0.25, 0.3) is 0 Å². The number of allylic oxidation sites excluding steroid dienone is 2. The highest BCUT2D eigenvalue weighted by Crippen LogP contribution is 2.38. The van der Waals surface area contributed by atoms with Gasteiger partial charge < -0.3 is 0 Å². The maximum Gasteiger partial charge on any atom is -0.0147 e. The molecule has 1 saturated carbocycles. The number of rotatable bonds is 4. The van der Waals surface area contributed by atoms with Gasteiger partial charge in [-0.05, 0) is 24.7 Å². The molecule has 12 heavy (non-hydrogen) atoms. The summed E-state index contributed by atoms with van der Waals surface area (Å²) in [6, 6.07) is 0. The number of hydrogen-bond acceptors (Lipinski definition) is 0. The molecule has 0 aromatic rings. The second-order valence-electron chi connectivity index (χ2n) is 4.41. The van der Waals surface area contributed by atoms with E-state index >= 15 is 0 Å². The summed E-state index contributed by atoms with van der Waals surface area (Å²) >= 11 is 0. The van der Waals surface area contributed by atoms with Crippen molar-refractivity contribution in [3.05, 3.63) is 12.2 Å². The summed E-state index contributed by atoms with van der Waals surface area (Å²) in [5.41, 5.74) is 0.563. The third-order valence-electron chi connectivity index (χ3n) is 2.99. The Kier molecular flexibility index (Phi) is 3.84. The molecule has 0 aromatic carbocycles. The molecule has 1 aliphatic carbocycles. The summed E-state index contributed by atoms with van der Waals surface area (Å²) in [6.07, 6.45) is 14.5. The van der Waals surface area contributed by atoms with Crippen molar-refractivity contribution in [3.8, 4) is 0 Å². The van der Waals surface area contributed by atoms with Crippen molar-refractivity contribution in [2.24, 2.45) is 5.41 Å². The molecule has 0 atom stereocenters. The molecule has 0 aliphatic heterocycles. The highest BCUT2D eigenvalue weighted by atomic mass is 14.3. The van der Waals surface area contributed by atoms with E-state index in [1.54, 1.807) is 0 Å². The molecular formula is C12H22. The van der Waals surface area contributed by atoms with Gasteiger partial charge in [-0.1, -0.05) is 51.7 Å². The van der Waals surface area contributed by atoms with Crippen LogP contribution in [0.15, 0.2) is 12.2 Å². The largest absolute Gasteiger partial charge is 0.0880 e. The van der Waals surface area contributed by atoms with Crippen LogP contribution in [0.1, 0.15) is 58.8 Å². The number of hydrogen-bond donors (Lipinski definition) is 0. The molecule has 70 valence electrons. The van der Waals surface area contributed by atoms with Crippen molar-refractivity contribution < 1.29 is 0 Å². The second kappa shape index (κ2) is 4.69. The van der Waals surface area contributed by atoms with E-state index < -0.39 is 0 Å². The van der Waals surface area contributed by atoms with Gasteiger partial charge in [-0.25, -0.2) is 0 Å². The maximum absolute atomic E-state index is 2.47. The van der Waals surface area contributed by atoms with Gasteiger partial charge in [0, 0.05) is 0 Å². The Morgan fingerprint density at radius 2 is 1.92 bits per heavy atom. The van der Waals surface area contributed by atoms with Crippen molar-refractivity contribution in [1.29, 1.82) is 0 Å². The molecule has 0 aromatic heterocycles. The van der Waals surface area contributed by atoms with Crippen molar-refractivity contribution >= 4 is 0 Å². The molecule has 0 unspecified atom stereocenters. The van der Waals surface area contributed by atoms with Crippen LogP contribution in [0.5, 0.6) is 0 Å². The predicted octanol–water partition coefficient (Wildman–Crippen LogP) is 4.31. The maximum atomic E-state index is 2.47. The molecule has 0 radical (unpaired) electrons. The molecule has 0 heterocycles. The van der Waals surface area contributed by atoms with E-state index in [2.05, 4.69) is 26.0 Å². The first-order valence-electron chi connectivity index (χ1n) is 5.44. The van der Waals surface area contributed by atoms with Crippen molar-refractivity contribution in [2.75, 3.05) is 0 Å². The molecule has 1 aliphatic rings. The van der Waals surface area contributed by atoms with Gasteiger partial charge >= 0.3 is 0 Å². The standard InChI is InChI=1S/C12H22/c1-3-4-5-6-9-12(2)10-7-8-11-12/h6,9H,3-5,7-8,10-11H2,1-2H3/b9-6-. The van der Waals surface area contributed by atoms with Gasteiger partial charge in [0.15, 0.2) is 0 Å². The van der Waals surface area contributed by atoms with Gasteiger partial charge in [-0.15, -0.1) is 0 Å². The van der Waals surface area contributed by atoms with Crippen molar-refractivity contribution in [3.63, 3.8) is 0 Å². The Balaban J connectivity index is 2.23. The van der Waals surface area contributed by atoms with Gasteiger partial charge in [0.1, 0.15) is 0 Å². The Morgan fingerprint density at radius 1 is 1.25 bits per heavy atom. The quantitative estimate of drug-likeness (QED) is 0.431. The fourth-order valence-corrected chi connectivity index (χ4v) is 2.04. The zero-order valence-electron chi connectivity index (χ0n) is 8.60. The Morgan fingerprint density at radius 3 is 2.50 bits per heavy atom. The summed E-state index contributed by atoms with van der Waals surface area (Å²) in [6.45, 7) is 4.66. The number of unbranched alkanes of at least 4 members (excludes halogenated alkanes) is 2. The normalized spacial score (nSPS) is 22.2. The Labute approximate surface area is 77.1 Å². The lowest BCUT2D eigenvalue weighted by Gasteiger charge is -2.17. The van der Waals surface area contributed by atoms with Gasteiger partial charge in [-0.3, -0.25) is 0 Å². The first-order valence-corrected chi connectivity index (χ1v) is 5.44. The van der Waals surface area contributed by atoms with E-state index in [0.29, 0.717) is 5.41 Å². The van der Waals surface area contributed by atoms with Crippen LogP contribution in [0.25, 0.3) is 0 Å². The lowest BCUT2D eigenvalue weighted by molar-refractivity contribution is 0.444. The molecule has 0 nitrogen and oxygen atoms in total. The van der Waals surface area contributed by atoms with Crippen LogP contribution in [0, 0.1) is 5.41 Å². The topological polar surface area (TPSA) is 0 Å². The van der Waals surface area contributed by atoms with E-state index in [-0.39, 0.29) is 0 Å². The average Bonchev–Trinajstić information content (AvgIpc) is 2.47. The summed E-state index contributed by atoms with van der Waals surface area (Å²) < 4.78 is 0. The molecule has 1 fully saturated rings. The third kappa shape index (κ3) is 3.00. The van der Waals surface area contributed by atoms with E-state index in [4.69, 9.17) is 0 Å². The molecular weight excluding hydrogens is 144 g/mol. The molecule has 0 amide bonds. The molecule has 0 saturated heterocycles. The summed E-state index contributed by atoms with van der Waals surface area (Å²) in [4.78, 5) is 0. The Bertz CT molecular complexity index is 138. The fraction of sp³-hybridized carbons (Fsp3) is 0.833. The van der Waals surface area contributed by atoms with Crippen LogP contribution in [0.4, 0.5) is 0 Å². The highest BCUT2D eigenvalue weighted by Gasteiger charge is 2.24. The molecule has 1 rings (SSSR count).